The van der Waals surface area contributed by atoms with Gasteiger partial charge in [-0.25, -0.2) is 0 Å². The third-order valence-electron chi connectivity index (χ3n) is 1.45. The summed E-state index contributed by atoms with van der Waals surface area (Å²) in [5.74, 6) is 0. The monoisotopic (exact) mass is 178 g/mol. The molecule has 0 rings (SSSR count). The highest BCUT2D eigenvalue weighted by molar-refractivity contribution is 4.33. The van der Waals surface area contributed by atoms with Crippen molar-refractivity contribution in [1.82, 2.24) is 0 Å². The van der Waals surface area contributed by atoms with Crippen LogP contribution in [0.2, 0.25) is 0 Å². The van der Waals surface area contributed by atoms with Crippen molar-refractivity contribution in [2.45, 2.75) is 26.4 Å². The summed E-state index contributed by atoms with van der Waals surface area (Å²) in [6, 6.07) is 0. The molecule has 74 valence electrons. The molecule has 0 aliphatic rings. The van der Waals surface area contributed by atoms with E-state index in [4.69, 9.17) is 18.9 Å². The quantitative estimate of drug-likeness (QED) is 0.430. The first-order valence-corrected chi connectivity index (χ1v) is 3.99. The lowest BCUT2D eigenvalue weighted by Gasteiger charge is -2.13. The smallest absolute Gasteiger partial charge is 0.154 e. The largest absolute Gasteiger partial charge is 0.356 e. The van der Waals surface area contributed by atoms with E-state index in [1.807, 2.05) is 13.8 Å². The fraction of sp³-hybridized carbons (Fsp3) is 1.00. The SMILES string of the molecule is COC(C)OCCOC(C)OC. The highest BCUT2D eigenvalue weighted by atomic mass is 16.7. The van der Waals surface area contributed by atoms with Gasteiger partial charge >= 0.3 is 0 Å². The van der Waals surface area contributed by atoms with E-state index < -0.39 is 0 Å². The molecule has 2 atom stereocenters. The second-order valence-corrected chi connectivity index (χ2v) is 2.35. The Hall–Kier alpha value is -0.160. The molecule has 0 aromatic heterocycles. The first kappa shape index (κ1) is 11.8. The molecular formula is C8H18O4. The lowest BCUT2D eigenvalue weighted by molar-refractivity contribution is -0.155. The van der Waals surface area contributed by atoms with Crippen LogP contribution < -0.4 is 0 Å². The van der Waals surface area contributed by atoms with Crippen molar-refractivity contribution >= 4 is 0 Å². The van der Waals surface area contributed by atoms with Gasteiger partial charge in [-0.1, -0.05) is 0 Å². The minimum absolute atomic E-state index is 0.175. The summed E-state index contributed by atoms with van der Waals surface area (Å²) in [6.07, 6.45) is -0.349. The van der Waals surface area contributed by atoms with Gasteiger partial charge < -0.3 is 18.9 Å². The normalized spacial score (nSPS) is 16.0. The Kier molecular flexibility index (Phi) is 7.39. The van der Waals surface area contributed by atoms with Gasteiger partial charge in [-0.05, 0) is 13.8 Å². The molecule has 4 nitrogen and oxygen atoms in total. The summed E-state index contributed by atoms with van der Waals surface area (Å²) in [6.45, 7) is 4.70. The maximum atomic E-state index is 5.18. The molecule has 0 bridgehead atoms. The second-order valence-electron chi connectivity index (χ2n) is 2.35. The Balaban J connectivity index is 3.10. The predicted octanol–water partition coefficient (Wildman–Crippen LogP) is 1.00. The Bertz CT molecular complexity index is 85.1. The molecular weight excluding hydrogens is 160 g/mol. The lowest BCUT2D eigenvalue weighted by atomic mass is 10.7. The molecule has 12 heavy (non-hydrogen) atoms. The van der Waals surface area contributed by atoms with E-state index in [2.05, 4.69) is 0 Å². The fourth-order valence-electron chi connectivity index (χ4n) is 0.564. The zero-order valence-corrected chi connectivity index (χ0v) is 8.20. The van der Waals surface area contributed by atoms with Crippen LogP contribution >= 0.6 is 0 Å². The second kappa shape index (κ2) is 7.49. The third kappa shape index (κ3) is 6.54. The van der Waals surface area contributed by atoms with E-state index in [0.29, 0.717) is 13.2 Å². The number of methoxy groups -OCH3 is 2. The first-order chi connectivity index (χ1) is 5.70. The van der Waals surface area contributed by atoms with Crippen LogP contribution in [0.4, 0.5) is 0 Å². The van der Waals surface area contributed by atoms with Crippen LogP contribution in [0.15, 0.2) is 0 Å². The molecule has 0 amide bonds. The van der Waals surface area contributed by atoms with Gasteiger partial charge in [0.15, 0.2) is 12.6 Å². The molecule has 0 aromatic carbocycles. The van der Waals surface area contributed by atoms with E-state index in [9.17, 15) is 0 Å². The van der Waals surface area contributed by atoms with E-state index in [1.54, 1.807) is 14.2 Å². The van der Waals surface area contributed by atoms with Gasteiger partial charge in [0.25, 0.3) is 0 Å². The van der Waals surface area contributed by atoms with Crippen LogP contribution in [-0.4, -0.2) is 40.0 Å². The topological polar surface area (TPSA) is 36.9 Å². The molecule has 0 saturated carbocycles. The Morgan fingerprint density at radius 1 is 0.833 bits per heavy atom. The first-order valence-electron chi connectivity index (χ1n) is 3.99. The number of hydrogen-bond acceptors (Lipinski definition) is 4. The zero-order valence-electron chi connectivity index (χ0n) is 8.20. The maximum absolute atomic E-state index is 5.18. The summed E-state index contributed by atoms with van der Waals surface area (Å²) < 4.78 is 20.1. The molecule has 0 heterocycles. The highest BCUT2D eigenvalue weighted by Gasteiger charge is 2.00. The molecule has 0 aliphatic heterocycles. The Labute approximate surface area is 73.7 Å². The molecule has 0 aromatic rings. The molecule has 0 N–H and O–H groups in total. The standard InChI is InChI=1S/C8H18O4/c1-7(9-3)11-5-6-12-8(2)10-4/h7-8H,5-6H2,1-4H3. The van der Waals surface area contributed by atoms with Gasteiger partial charge in [-0.3, -0.25) is 0 Å². The van der Waals surface area contributed by atoms with Crippen molar-refractivity contribution in [3.63, 3.8) is 0 Å². The van der Waals surface area contributed by atoms with Gasteiger partial charge in [-0.2, -0.15) is 0 Å². The number of rotatable bonds is 7. The van der Waals surface area contributed by atoms with E-state index in [1.165, 1.54) is 0 Å². The maximum Gasteiger partial charge on any atom is 0.154 e. The van der Waals surface area contributed by atoms with E-state index >= 15 is 0 Å². The van der Waals surface area contributed by atoms with Gasteiger partial charge in [0.2, 0.25) is 0 Å². The van der Waals surface area contributed by atoms with Gasteiger partial charge in [0, 0.05) is 14.2 Å². The lowest BCUT2D eigenvalue weighted by Crippen LogP contribution is -2.18. The van der Waals surface area contributed by atoms with Crippen LogP contribution in [0.25, 0.3) is 0 Å². The summed E-state index contributed by atoms with van der Waals surface area (Å²) in [5, 5.41) is 0. The van der Waals surface area contributed by atoms with E-state index in [0.717, 1.165) is 0 Å². The molecule has 0 spiro atoms. The average Bonchev–Trinajstić information content (AvgIpc) is 2.11. The highest BCUT2D eigenvalue weighted by Crippen LogP contribution is 1.93. The van der Waals surface area contributed by atoms with Gasteiger partial charge in [0.05, 0.1) is 13.2 Å². The minimum Gasteiger partial charge on any atom is -0.356 e. The fourth-order valence-corrected chi connectivity index (χ4v) is 0.564. The van der Waals surface area contributed by atoms with Crippen molar-refractivity contribution < 1.29 is 18.9 Å². The van der Waals surface area contributed by atoms with Crippen molar-refractivity contribution in [1.29, 1.82) is 0 Å². The van der Waals surface area contributed by atoms with Gasteiger partial charge in [0.1, 0.15) is 0 Å². The van der Waals surface area contributed by atoms with Gasteiger partial charge in [-0.15, -0.1) is 0 Å². The van der Waals surface area contributed by atoms with Crippen molar-refractivity contribution in [3.05, 3.63) is 0 Å². The molecule has 0 radical (unpaired) electrons. The Morgan fingerprint density at radius 3 is 1.42 bits per heavy atom. The average molecular weight is 178 g/mol. The number of hydrogen-bond donors (Lipinski definition) is 0. The van der Waals surface area contributed by atoms with Crippen LogP contribution in [0, 0.1) is 0 Å². The molecule has 0 fully saturated rings. The van der Waals surface area contributed by atoms with Crippen LogP contribution in [0.1, 0.15) is 13.8 Å². The summed E-state index contributed by atoms with van der Waals surface area (Å²) in [4.78, 5) is 0. The Morgan fingerprint density at radius 2 is 1.17 bits per heavy atom. The molecule has 0 saturated heterocycles. The molecule has 0 aliphatic carbocycles. The minimum atomic E-state index is -0.175. The summed E-state index contributed by atoms with van der Waals surface area (Å²) in [7, 11) is 3.20. The molecule has 4 heteroatoms. The summed E-state index contributed by atoms with van der Waals surface area (Å²) >= 11 is 0. The van der Waals surface area contributed by atoms with Crippen molar-refractivity contribution in [2.75, 3.05) is 27.4 Å². The summed E-state index contributed by atoms with van der Waals surface area (Å²) in [5.41, 5.74) is 0. The molecule has 2 unspecified atom stereocenters. The third-order valence-corrected chi connectivity index (χ3v) is 1.45. The zero-order chi connectivity index (χ0) is 9.40. The number of ether oxygens (including phenoxy) is 4. The van der Waals surface area contributed by atoms with Crippen LogP contribution in [0.5, 0.6) is 0 Å². The van der Waals surface area contributed by atoms with E-state index in [-0.39, 0.29) is 12.6 Å². The van der Waals surface area contributed by atoms with Crippen LogP contribution in [-0.2, 0) is 18.9 Å². The van der Waals surface area contributed by atoms with Crippen molar-refractivity contribution in [3.8, 4) is 0 Å². The predicted molar refractivity (Wildman–Crippen MR) is 44.8 cm³/mol. The van der Waals surface area contributed by atoms with Crippen molar-refractivity contribution in [2.24, 2.45) is 0 Å². The van der Waals surface area contributed by atoms with Crippen LogP contribution in [0.3, 0.4) is 0 Å².